The molecular formula is C8H9NO3S. The molecule has 0 unspecified atom stereocenters. The normalized spacial score (nSPS) is 9.69. The van der Waals surface area contributed by atoms with Crippen molar-refractivity contribution < 1.29 is 14.7 Å². The van der Waals surface area contributed by atoms with Gasteiger partial charge in [0.2, 0.25) is 0 Å². The molecule has 1 N–H and O–H groups in total. The minimum Gasteiger partial charge on any atom is -0.465 e. The summed E-state index contributed by atoms with van der Waals surface area (Å²) in [6.45, 7) is 1.78. The molecule has 4 nitrogen and oxygen atoms in total. The number of carboxylic acid groups (broad SMARTS) is 1. The van der Waals surface area contributed by atoms with E-state index in [4.69, 9.17) is 5.11 Å². The lowest BCUT2D eigenvalue weighted by Crippen LogP contribution is -2.23. The average molecular weight is 199 g/mol. The molecule has 0 saturated heterocycles. The molecule has 1 rings (SSSR count). The highest BCUT2D eigenvalue weighted by Gasteiger charge is 2.13. The van der Waals surface area contributed by atoms with E-state index in [2.05, 4.69) is 0 Å². The second kappa shape index (κ2) is 3.57. The van der Waals surface area contributed by atoms with Crippen LogP contribution < -0.4 is 4.90 Å². The molecule has 0 aliphatic heterocycles. The summed E-state index contributed by atoms with van der Waals surface area (Å²) in [5.41, 5.74) is 0.569. The quantitative estimate of drug-likeness (QED) is 0.741. The number of amides is 1. The van der Waals surface area contributed by atoms with Crippen molar-refractivity contribution in [1.29, 1.82) is 0 Å². The molecule has 13 heavy (non-hydrogen) atoms. The number of anilines is 1. The maximum Gasteiger partial charge on any atom is 0.411 e. The van der Waals surface area contributed by atoms with Gasteiger partial charge in [0.15, 0.2) is 6.29 Å². The smallest absolute Gasteiger partial charge is 0.411 e. The number of carbonyl (C=O) groups is 2. The maximum absolute atomic E-state index is 10.6. The van der Waals surface area contributed by atoms with Gasteiger partial charge in [0.25, 0.3) is 0 Å². The molecule has 5 heteroatoms. The van der Waals surface area contributed by atoms with Gasteiger partial charge >= 0.3 is 6.09 Å². The van der Waals surface area contributed by atoms with Crippen LogP contribution in [0, 0.1) is 6.92 Å². The van der Waals surface area contributed by atoms with Crippen LogP contribution in [0.4, 0.5) is 10.5 Å². The van der Waals surface area contributed by atoms with Crippen molar-refractivity contribution in [3.05, 3.63) is 15.8 Å². The summed E-state index contributed by atoms with van der Waals surface area (Å²) < 4.78 is 0. The summed E-state index contributed by atoms with van der Waals surface area (Å²) in [4.78, 5) is 23.5. The second-order valence-corrected chi connectivity index (χ2v) is 3.84. The Balaban J connectivity index is 3.06. The van der Waals surface area contributed by atoms with Crippen LogP contribution in [-0.2, 0) is 0 Å². The minimum absolute atomic E-state index is 0.542. The first kappa shape index (κ1) is 9.73. The van der Waals surface area contributed by atoms with Crippen LogP contribution in [0.2, 0.25) is 0 Å². The molecule has 0 aliphatic carbocycles. The summed E-state index contributed by atoms with van der Waals surface area (Å²) in [7, 11) is 1.45. The van der Waals surface area contributed by atoms with E-state index in [1.54, 1.807) is 13.0 Å². The van der Waals surface area contributed by atoms with Crippen molar-refractivity contribution in [2.75, 3.05) is 11.9 Å². The molecule has 1 aromatic rings. The molecule has 0 saturated carbocycles. The van der Waals surface area contributed by atoms with Gasteiger partial charge in [0.05, 0.1) is 10.6 Å². The molecule has 1 aromatic heterocycles. The van der Waals surface area contributed by atoms with Gasteiger partial charge < -0.3 is 5.11 Å². The summed E-state index contributed by atoms with van der Waals surface area (Å²) in [5, 5.41) is 8.68. The highest BCUT2D eigenvalue weighted by molar-refractivity contribution is 7.14. The van der Waals surface area contributed by atoms with E-state index in [-0.39, 0.29) is 0 Å². The van der Waals surface area contributed by atoms with Crippen LogP contribution in [-0.4, -0.2) is 24.5 Å². The number of nitrogens with zero attached hydrogens (tertiary/aromatic N) is 1. The van der Waals surface area contributed by atoms with E-state index in [0.717, 1.165) is 16.1 Å². The van der Waals surface area contributed by atoms with Crippen LogP contribution in [0.3, 0.4) is 0 Å². The lowest BCUT2D eigenvalue weighted by molar-refractivity contribution is 0.112. The Kier molecular flexibility index (Phi) is 2.67. The Morgan fingerprint density at radius 1 is 1.69 bits per heavy atom. The predicted molar refractivity (Wildman–Crippen MR) is 50.9 cm³/mol. The molecule has 1 amide bonds. The summed E-state index contributed by atoms with van der Waals surface area (Å²) >= 11 is 1.29. The van der Waals surface area contributed by atoms with Crippen molar-refractivity contribution in [2.24, 2.45) is 0 Å². The highest BCUT2D eigenvalue weighted by atomic mass is 32.1. The number of aldehydes is 1. The van der Waals surface area contributed by atoms with Gasteiger partial charge in [-0.25, -0.2) is 4.79 Å². The van der Waals surface area contributed by atoms with Crippen molar-refractivity contribution in [1.82, 2.24) is 0 Å². The fraction of sp³-hybridized carbons (Fsp3) is 0.250. The SMILES string of the molecule is Cc1sc(C=O)cc1N(C)C(=O)O. The first-order chi connectivity index (χ1) is 6.06. The molecule has 0 bridgehead atoms. The van der Waals surface area contributed by atoms with Crippen molar-refractivity contribution in [3.63, 3.8) is 0 Å². The van der Waals surface area contributed by atoms with Crippen molar-refractivity contribution in [3.8, 4) is 0 Å². The van der Waals surface area contributed by atoms with E-state index in [0.29, 0.717) is 10.6 Å². The van der Waals surface area contributed by atoms with Gasteiger partial charge in [-0.3, -0.25) is 9.69 Å². The van der Waals surface area contributed by atoms with Crippen LogP contribution in [0.5, 0.6) is 0 Å². The second-order valence-electron chi connectivity index (χ2n) is 2.55. The zero-order valence-corrected chi connectivity index (χ0v) is 8.09. The molecule has 0 radical (unpaired) electrons. The topological polar surface area (TPSA) is 57.6 Å². The van der Waals surface area contributed by atoms with Gasteiger partial charge in [-0.15, -0.1) is 11.3 Å². The highest BCUT2D eigenvalue weighted by Crippen LogP contribution is 2.27. The van der Waals surface area contributed by atoms with E-state index >= 15 is 0 Å². The van der Waals surface area contributed by atoms with Gasteiger partial charge in [-0.2, -0.15) is 0 Å². The van der Waals surface area contributed by atoms with Gasteiger partial charge in [-0.05, 0) is 13.0 Å². The Morgan fingerprint density at radius 3 is 2.69 bits per heavy atom. The van der Waals surface area contributed by atoms with Gasteiger partial charge in [0.1, 0.15) is 0 Å². The molecule has 70 valence electrons. The monoisotopic (exact) mass is 199 g/mol. The third-order valence-corrected chi connectivity index (χ3v) is 2.64. The predicted octanol–water partition coefficient (Wildman–Crippen LogP) is 1.98. The van der Waals surface area contributed by atoms with Crippen LogP contribution in [0.25, 0.3) is 0 Å². The first-order valence-corrected chi connectivity index (χ1v) is 4.40. The van der Waals surface area contributed by atoms with E-state index in [9.17, 15) is 9.59 Å². The third kappa shape index (κ3) is 1.86. The number of hydrogen-bond acceptors (Lipinski definition) is 3. The Labute approximate surface area is 79.4 Å². The number of rotatable bonds is 2. The van der Waals surface area contributed by atoms with Crippen molar-refractivity contribution >= 4 is 29.4 Å². The molecule has 0 fully saturated rings. The van der Waals surface area contributed by atoms with Crippen LogP contribution in [0.15, 0.2) is 6.07 Å². The molecule has 0 atom stereocenters. The maximum atomic E-state index is 10.6. The van der Waals surface area contributed by atoms with Gasteiger partial charge in [0, 0.05) is 11.9 Å². The van der Waals surface area contributed by atoms with E-state index in [1.807, 2.05) is 0 Å². The van der Waals surface area contributed by atoms with Crippen LogP contribution >= 0.6 is 11.3 Å². The minimum atomic E-state index is -1.03. The average Bonchev–Trinajstić information content (AvgIpc) is 2.45. The Bertz CT molecular complexity index is 345. The standard InChI is InChI=1S/C8H9NO3S/c1-5-7(9(2)8(11)12)3-6(4-10)13-5/h3-4H,1-2H3,(H,11,12). The largest absolute Gasteiger partial charge is 0.465 e. The Morgan fingerprint density at radius 2 is 2.31 bits per heavy atom. The fourth-order valence-electron chi connectivity index (χ4n) is 0.989. The lowest BCUT2D eigenvalue weighted by atomic mass is 10.3. The van der Waals surface area contributed by atoms with E-state index < -0.39 is 6.09 Å². The molecule has 0 aromatic carbocycles. The summed E-state index contributed by atoms with van der Waals surface area (Å²) in [6, 6.07) is 1.57. The first-order valence-electron chi connectivity index (χ1n) is 3.58. The number of hydrogen-bond donors (Lipinski definition) is 1. The van der Waals surface area contributed by atoms with Crippen molar-refractivity contribution in [2.45, 2.75) is 6.92 Å². The molecule has 0 spiro atoms. The zero-order valence-electron chi connectivity index (χ0n) is 7.27. The molecule has 0 aliphatic rings. The molecule has 1 heterocycles. The van der Waals surface area contributed by atoms with Crippen LogP contribution in [0.1, 0.15) is 14.5 Å². The Hall–Kier alpha value is -1.36. The summed E-state index contributed by atoms with van der Waals surface area (Å²) in [6.07, 6.45) is -0.310. The number of aryl methyl sites for hydroxylation is 1. The fourth-order valence-corrected chi connectivity index (χ4v) is 1.86. The van der Waals surface area contributed by atoms with E-state index in [1.165, 1.54) is 18.4 Å². The lowest BCUT2D eigenvalue weighted by Gasteiger charge is -2.11. The van der Waals surface area contributed by atoms with Gasteiger partial charge in [-0.1, -0.05) is 0 Å². The summed E-state index contributed by atoms with van der Waals surface area (Å²) in [5.74, 6) is 0. The third-order valence-electron chi connectivity index (χ3n) is 1.68. The number of carbonyl (C=O) groups excluding carboxylic acids is 1. The zero-order chi connectivity index (χ0) is 10.0. The molecular weight excluding hydrogens is 190 g/mol. The number of thiophene rings is 1.